The fourth-order valence-corrected chi connectivity index (χ4v) is 8.51. The number of rotatable bonds is 4. The van der Waals surface area contributed by atoms with E-state index in [1.54, 1.807) is 0 Å². The molecular weight excluding hydrogens is 605 g/mol. The summed E-state index contributed by atoms with van der Waals surface area (Å²) in [4.78, 5) is 2.41. The average molecular weight is 641 g/mol. The van der Waals surface area contributed by atoms with Crippen LogP contribution in [0.4, 0.5) is 17.1 Å². The Balaban J connectivity index is 1.20. The molecule has 50 heavy (non-hydrogen) atoms. The van der Waals surface area contributed by atoms with Crippen LogP contribution >= 0.6 is 0 Å². The summed E-state index contributed by atoms with van der Waals surface area (Å²) >= 11 is 0. The standard InChI is InChI=1S/C48H36N2/c1-31-20-23-34(24-21-31)49(35-25-22-32-12-4-5-13-33(32)28-35)36-26-27-41-42(29-36)48(2,3)43-30-46(39-16-6-7-17-40(39)47(41)43)50-44-18-10-8-14-37(44)38-15-9-11-19-45(38)50/h4-30H,1-3H3. The highest BCUT2D eigenvalue weighted by molar-refractivity contribution is 6.12. The van der Waals surface area contributed by atoms with Crippen LogP contribution < -0.4 is 4.90 Å². The molecule has 8 aromatic carbocycles. The van der Waals surface area contributed by atoms with Gasteiger partial charge in [-0.05, 0) is 99.9 Å². The lowest BCUT2D eigenvalue weighted by Crippen LogP contribution is -2.17. The van der Waals surface area contributed by atoms with E-state index >= 15 is 0 Å². The first-order valence-electron chi connectivity index (χ1n) is 17.5. The van der Waals surface area contributed by atoms with E-state index in [-0.39, 0.29) is 5.41 Å². The Kier molecular flexibility index (Phi) is 6.17. The lowest BCUT2D eigenvalue weighted by Gasteiger charge is -2.28. The van der Waals surface area contributed by atoms with E-state index in [0.29, 0.717) is 0 Å². The molecule has 238 valence electrons. The number of aryl methyl sites for hydroxylation is 1. The summed E-state index contributed by atoms with van der Waals surface area (Å²) in [6.07, 6.45) is 0. The third kappa shape index (κ3) is 4.15. The summed E-state index contributed by atoms with van der Waals surface area (Å²) in [5.41, 5.74) is 13.6. The van der Waals surface area contributed by atoms with Crippen LogP contribution in [0.5, 0.6) is 0 Å². The van der Waals surface area contributed by atoms with E-state index in [0.717, 1.165) is 17.1 Å². The molecular formula is C48H36N2. The van der Waals surface area contributed by atoms with Crippen LogP contribution in [0, 0.1) is 6.92 Å². The molecule has 0 N–H and O–H groups in total. The normalized spacial score (nSPS) is 13.3. The molecule has 0 saturated heterocycles. The van der Waals surface area contributed by atoms with Gasteiger partial charge < -0.3 is 9.47 Å². The Labute approximate surface area is 292 Å². The third-order valence-electron chi connectivity index (χ3n) is 11.0. The number of benzene rings is 8. The number of anilines is 3. The van der Waals surface area contributed by atoms with Crippen molar-refractivity contribution in [3.8, 4) is 16.8 Å². The monoisotopic (exact) mass is 640 g/mol. The summed E-state index contributed by atoms with van der Waals surface area (Å²) in [7, 11) is 0. The summed E-state index contributed by atoms with van der Waals surface area (Å²) in [6, 6.07) is 60.5. The molecule has 0 radical (unpaired) electrons. The largest absolute Gasteiger partial charge is 0.310 e. The summed E-state index contributed by atoms with van der Waals surface area (Å²) in [5.74, 6) is 0. The van der Waals surface area contributed by atoms with Gasteiger partial charge in [0.2, 0.25) is 0 Å². The van der Waals surface area contributed by atoms with Gasteiger partial charge >= 0.3 is 0 Å². The molecule has 0 aliphatic heterocycles. The van der Waals surface area contributed by atoms with Gasteiger partial charge in [0, 0.05) is 38.6 Å². The van der Waals surface area contributed by atoms with Crippen LogP contribution in [0.3, 0.4) is 0 Å². The van der Waals surface area contributed by atoms with Crippen molar-refractivity contribution in [2.75, 3.05) is 4.90 Å². The molecule has 0 atom stereocenters. The highest BCUT2D eigenvalue weighted by Crippen LogP contribution is 2.54. The van der Waals surface area contributed by atoms with Crippen LogP contribution in [0.15, 0.2) is 164 Å². The van der Waals surface area contributed by atoms with Crippen molar-refractivity contribution in [1.29, 1.82) is 0 Å². The van der Waals surface area contributed by atoms with Crippen LogP contribution in [0.1, 0.15) is 30.5 Å². The minimum Gasteiger partial charge on any atom is -0.310 e. The second-order valence-electron chi connectivity index (χ2n) is 14.3. The van der Waals surface area contributed by atoms with Gasteiger partial charge in [0.25, 0.3) is 0 Å². The molecule has 1 aliphatic rings. The van der Waals surface area contributed by atoms with Crippen molar-refractivity contribution in [2.45, 2.75) is 26.2 Å². The number of hydrogen-bond donors (Lipinski definition) is 0. The van der Waals surface area contributed by atoms with E-state index in [1.165, 1.54) is 76.9 Å². The molecule has 2 nitrogen and oxygen atoms in total. The fourth-order valence-electron chi connectivity index (χ4n) is 8.51. The molecule has 2 heteroatoms. The maximum absolute atomic E-state index is 2.48. The smallest absolute Gasteiger partial charge is 0.0544 e. The highest BCUT2D eigenvalue weighted by Gasteiger charge is 2.38. The molecule has 1 heterocycles. The van der Waals surface area contributed by atoms with E-state index in [4.69, 9.17) is 0 Å². The van der Waals surface area contributed by atoms with Gasteiger partial charge in [0.15, 0.2) is 0 Å². The summed E-state index contributed by atoms with van der Waals surface area (Å²) in [6.45, 7) is 6.95. The Morgan fingerprint density at radius 3 is 1.74 bits per heavy atom. The van der Waals surface area contributed by atoms with E-state index in [2.05, 4.69) is 194 Å². The number of hydrogen-bond acceptors (Lipinski definition) is 1. The quantitative estimate of drug-likeness (QED) is 0.186. The zero-order valence-electron chi connectivity index (χ0n) is 28.5. The first-order chi connectivity index (χ1) is 24.5. The van der Waals surface area contributed by atoms with Crippen LogP contribution in [-0.2, 0) is 5.41 Å². The van der Waals surface area contributed by atoms with Gasteiger partial charge in [-0.3, -0.25) is 0 Å². The molecule has 0 amide bonds. The van der Waals surface area contributed by atoms with E-state index in [9.17, 15) is 0 Å². The Morgan fingerprint density at radius 2 is 1.02 bits per heavy atom. The van der Waals surface area contributed by atoms with Gasteiger partial charge in [0.05, 0.1) is 16.7 Å². The molecule has 1 aliphatic carbocycles. The minimum atomic E-state index is -0.222. The van der Waals surface area contributed by atoms with E-state index in [1.807, 2.05) is 0 Å². The Hall–Kier alpha value is -6.12. The second-order valence-corrected chi connectivity index (χ2v) is 14.3. The molecule has 0 spiro atoms. The molecule has 0 bridgehead atoms. The molecule has 0 fully saturated rings. The third-order valence-corrected chi connectivity index (χ3v) is 11.0. The van der Waals surface area contributed by atoms with Gasteiger partial charge in [-0.25, -0.2) is 0 Å². The predicted molar refractivity (Wildman–Crippen MR) is 213 cm³/mol. The first kappa shape index (κ1) is 28.9. The first-order valence-corrected chi connectivity index (χ1v) is 17.5. The number of aromatic nitrogens is 1. The zero-order chi connectivity index (χ0) is 33.6. The van der Waals surface area contributed by atoms with E-state index < -0.39 is 0 Å². The van der Waals surface area contributed by atoms with Crippen molar-refractivity contribution in [1.82, 2.24) is 4.57 Å². The summed E-state index contributed by atoms with van der Waals surface area (Å²) in [5, 5.41) is 7.61. The van der Waals surface area contributed by atoms with Crippen LogP contribution in [-0.4, -0.2) is 4.57 Å². The number of para-hydroxylation sites is 2. The highest BCUT2D eigenvalue weighted by atomic mass is 15.1. The maximum Gasteiger partial charge on any atom is 0.0544 e. The predicted octanol–water partition coefficient (Wildman–Crippen LogP) is 13.2. The average Bonchev–Trinajstić information content (AvgIpc) is 3.60. The second kappa shape index (κ2) is 10.7. The van der Waals surface area contributed by atoms with Gasteiger partial charge in [-0.1, -0.05) is 129 Å². The Bertz CT molecular complexity index is 2750. The van der Waals surface area contributed by atoms with Gasteiger partial charge in [-0.15, -0.1) is 0 Å². The molecule has 10 rings (SSSR count). The molecule has 0 saturated carbocycles. The van der Waals surface area contributed by atoms with Crippen molar-refractivity contribution in [3.63, 3.8) is 0 Å². The molecule has 1 aromatic heterocycles. The fraction of sp³-hybridized carbons (Fsp3) is 0.0833. The van der Waals surface area contributed by atoms with Crippen LogP contribution in [0.2, 0.25) is 0 Å². The van der Waals surface area contributed by atoms with Crippen molar-refractivity contribution in [2.24, 2.45) is 0 Å². The van der Waals surface area contributed by atoms with Gasteiger partial charge in [-0.2, -0.15) is 0 Å². The van der Waals surface area contributed by atoms with Gasteiger partial charge in [0.1, 0.15) is 0 Å². The molecule has 9 aromatic rings. The van der Waals surface area contributed by atoms with Crippen molar-refractivity contribution in [3.05, 3.63) is 180 Å². The number of fused-ring (bicyclic) bond motifs is 9. The maximum atomic E-state index is 2.48. The Morgan fingerprint density at radius 1 is 0.460 bits per heavy atom. The van der Waals surface area contributed by atoms with Crippen molar-refractivity contribution >= 4 is 60.4 Å². The zero-order valence-corrected chi connectivity index (χ0v) is 28.5. The SMILES string of the molecule is Cc1ccc(N(c2ccc3c(c2)C(C)(C)c2cc(-n4c5ccccc5c5ccccc54)c4ccccc4c2-3)c2ccc3ccccc3c2)cc1. The topological polar surface area (TPSA) is 8.17 Å². The number of nitrogens with zero attached hydrogens (tertiary/aromatic N) is 2. The minimum absolute atomic E-state index is 0.222. The summed E-state index contributed by atoms with van der Waals surface area (Å²) < 4.78 is 2.48. The lowest BCUT2D eigenvalue weighted by atomic mass is 9.81. The molecule has 0 unspecified atom stereocenters. The van der Waals surface area contributed by atoms with Crippen molar-refractivity contribution < 1.29 is 0 Å². The lowest BCUT2D eigenvalue weighted by molar-refractivity contribution is 0.660. The van der Waals surface area contributed by atoms with Crippen LogP contribution in [0.25, 0.3) is 60.2 Å².